The molecule has 0 aliphatic heterocycles. The highest BCUT2D eigenvalue weighted by Gasteiger charge is 2.10. The number of aromatic nitrogens is 1. The third-order valence-electron chi connectivity index (χ3n) is 2.41. The summed E-state index contributed by atoms with van der Waals surface area (Å²) in [6, 6.07) is 9.03. The number of aryl methyl sites for hydroxylation is 1. The number of rotatable bonds is 2. The summed E-state index contributed by atoms with van der Waals surface area (Å²) in [6.07, 6.45) is 0. The largest absolute Gasteiger partial charge is 0.477 e. The van der Waals surface area contributed by atoms with Crippen molar-refractivity contribution in [2.24, 2.45) is 0 Å². The Kier molecular flexibility index (Phi) is 2.87. The van der Waals surface area contributed by atoms with E-state index < -0.39 is 5.97 Å². The molecule has 0 atom stereocenters. The van der Waals surface area contributed by atoms with Gasteiger partial charge in [-0.1, -0.05) is 18.2 Å². The summed E-state index contributed by atoms with van der Waals surface area (Å²) >= 11 is 0. The van der Waals surface area contributed by atoms with Gasteiger partial charge in [0, 0.05) is 5.56 Å². The first-order chi connectivity index (χ1) is 8.08. The standard InChI is InChI=1S/C13H10FNO2/c1-8-5-6-11(13(16)17)15-12(8)9-3-2-4-10(14)7-9/h2-7H,1H3,(H,16,17). The molecule has 0 amide bonds. The van der Waals surface area contributed by atoms with Gasteiger partial charge in [-0.15, -0.1) is 0 Å². The molecule has 1 aromatic carbocycles. The maximum atomic E-state index is 13.1. The van der Waals surface area contributed by atoms with E-state index in [4.69, 9.17) is 5.11 Å². The van der Waals surface area contributed by atoms with Crippen molar-refractivity contribution in [3.63, 3.8) is 0 Å². The van der Waals surface area contributed by atoms with Crippen LogP contribution in [0.25, 0.3) is 11.3 Å². The fraction of sp³-hybridized carbons (Fsp3) is 0.0769. The fourth-order valence-corrected chi connectivity index (χ4v) is 1.58. The van der Waals surface area contributed by atoms with Crippen LogP contribution in [0.1, 0.15) is 16.1 Å². The molecule has 0 aliphatic carbocycles. The van der Waals surface area contributed by atoms with E-state index in [1.165, 1.54) is 18.2 Å². The summed E-state index contributed by atoms with van der Waals surface area (Å²) in [7, 11) is 0. The van der Waals surface area contributed by atoms with Gasteiger partial charge in [0.25, 0.3) is 0 Å². The van der Waals surface area contributed by atoms with Gasteiger partial charge in [-0.25, -0.2) is 14.2 Å². The lowest BCUT2D eigenvalue weighted by Crippen LogP contribution is -2.02. The Morgan fingerprint density at radius 1 is 1.29 bits per heavy atom. The van der Waals surface area contributed by atoms with Crippen molar-refractivity contribution in [2.75, 3.05) is 0 Å². The van der Waals surface area contributed by atoms with Crippen LogP contribution in [-0.2, 0) is 0 Å². The zero-order valence-corrected chi connectivity index (χ0v) is 9.14. The SMILES string of the molecule is Cc1ccc(C(=O)O)nc1-c1cccc(F)c1. The molecule has 0 radical (unpaired) electrons. The van der Waals surface area contributed by atoms with E-state index in [-0.39, 0.29) is 11.5 Å². The number of halogens is 1. The summed E-state index contributed by atoms with van der Waals surface area (Å²) in [5.41, 5.74) is 1.82. The number of hydrogen-bond acceptors (Lipinski definition) is 2. The van der Waals surface area contributed by atoms with Crippen LogP contribution in [-0.4, -0.2) is 16.1 Å². The topological polar surface area (TPSA) is 50.2 Å². The molecule has 0 unspecified atom stereocenters. The average molecular weight is 231 g/mol. The lowest BCUT2D eigenvalue weighted by molar-refractivity contribution is 0.0690. The van der Waals surface area contributed by atoms with Crippen molar-refractivity contribution in [1.29, 1.82) is 0 Å². The quantitative estimate of drug-likeness (QED) is 0.864. The summed E-state index contributed by atoms with van der Waals surface area (Å²) in [4.78, 5) is 14.8. The number of carboxylic acid groups (broad SMARTS) is 1. The highest BCUT2D eigenvalue weighted by atomic mass is 19.1. The lowest BCUT2D eigenvalue weighted by atomic mass is 10.1. The second kappa shape index (κ2) is 4.33. The minimum Gasteiger partial charge on any atom is -0.477 e. The van der Waals surface area contributed by atoms with E-state index in [1.807, 2.05) is 0 Å². The Bertz CT molecular complexity index is 581. The number of aromatic carboxylic acids is 1. The molecular weight excluding hydrogens is 221 g/mol. The predicted molar refractivity (Wildman–Crippen MR) is 61.3 cm³/mol. The summed E-state index contributed by atoms with van der Waals surface area (Å²) in [6.45, 7) is 1.80. The van der Waals surface area contributed by atoms with Crippen molar-refractivity contribution >= 4 is 5.97 Å². The van der Waals surface area contributed by atoms with Crippen molar-refractivity contribution in [3.8, 4) is 11.3 Å². The summed E-state index contributed by atoms with van der Waals surface area (Å²) < 4.78 is 13.1. The van der Waals surface area contributed by atoms with Crippen LogP contribution in [0.5, 0.6) is 0 Å². The van der Waals surface area contributed by atoms with Crippen LogP contribution >= 0.6 is 0 Å². The second-order valence-corrected chi connectivity index (χ2v) is 3.68. The zero-order valence-electron chi connectivity index (χ0n) is 9.14. The molecule has 0 fully saturated rings. The number of carbonyl (C=O) groups is 1. The Morgan fingerprint density at radius 3 is 2.71 bits per heavy atom. The number of carboxylic acids is 1. The Labute approximate surface area is 97.6 Å². The van der Waals surface area contributed by atoms with Gasteiger partial charge in [-0.05, 0) is 30.7 Å². The first-order valence-corrected chi connectivity index (χ1v) is 5.05. The van der Waals surface area contributed by atoms with E-state index in [2.05, 4.69) is 4.98 Å². The third kappa shape index (κ3) is 2.30. The molecule has 0 saturated carbocycles. The van der Waals surface area contributed by atoms with Gasteiger partial charge in [-0.3, -0.25) is 0 Å². The smallest absolute Gasteiger partial charge is 0.354 e. The molecule has 3 nitrogen and oxygen atoms in total. The van der Waals surface area contributed by atoms with Gasteiger partial charge in [0.15, 0.2) is 0 Å². The Hall–Kier alpha value is -2.23. The molecular formula is C13H10FNO2. The zero-order chi connectivity index (χ0) is 12.4. The number of nitrogens with zero attached hydrogens (tertiary/aromatic N) is 1. The van der Waals surface area contributed by atoms with Crippen LogP contribution < -0.4 is 0 Å². The van der Waals surface area contributed by atoms with Crippen molar-refractivity contribution in [2.45, 2.75) is 6.92 Å². The van der Waals surface area contributed by atoms with Crippen LogP contribution in [0.4, 0.5) is 4.39 Å². The molecule has 0 spiro atoms. The van der Waals surface area contributed by atoms with Gasteiger partial charge in [-0.2, -0.15) is 0 Å². The third-order valence-corrected chi connectivity index (χ3v) is 2.41. The molecule has 0 saturated heterocycles. The molecule has 1 heterocycles. The summed E-state index contributed by atoms with van der Waals surface area (Å²) in [5.74, 6) is -1.47. The molecule has 4 heteroatoms. The monoisotopic (exact) mass is 231 g/mol. The molecule has 2 aromatic rings. The highest BCUT2D eigenvalue weighted by Crippen LogP contribution is 2.22. The van der Waals surface area contributed by atoms with E-state index in [1.54, 1.807) is 25.1 Å². The van der Waals surface area contributed by atoms with Gasteiger partial charge < -0.3 is 5.11 Å². The average Bonchev–Trinajstić information content (AvgIpc) is 2.29. The molecule has 1 aromatic heterocycles. The molecule has 2 rings (SSSR count). The minimum absolute atomic E-state index is 0.0464. The van der Waals surface area contributed by atoms with Crippen molar-refractivity contribution in [3.05, 3.63) is 53.5 Å². The van der Waals surface area contributed by atoms with Crippen LogP contribution in [0.2, 0.25) is 0 Å². The maximum Gasteiger partial charge on any atom is 0.354 e. The highest BCUT2D eigenvalue weighted by molar-refractivity contribution is 5.86. The minimum atomic E-state index is -1.09. The normalized spacial score (nSPS) is 10.2. The first kappa shape index (κ1) is 11.3. The molecule has 0 aliphatic rings. The van der Waals surface area contributed by atoms with Gasteiger partial charge in [0.2, 0.25) is 0 Å². The van der Waals surface area contributed by atoms with E-state index in [9.17, 15) is 9.18 Å². The molecule has 86 valence electrons. The van der Waals surface area contributed by atoms with Crippen molar-refractivity contribution in [1.82, 2.24) is 4.98 Å². The number of hydrogen-bond donors (Lipinski definition) is 1. The first-order valence-electron chi connectivity index (χ1n) is 5.05. The Balaban J connectivity index is 2.58. The second-order valence-electron chi connectivity index (χ2n) is 3.68. The number of benzene rings is 1. The van der Waals surface area contributed by atoms with Crippen molar-refractivity contribution < 1.29 is 14.3 Å². The van der Waals surface area contributed by atoms with Gasteiger partial charge in [0.05, 0.1) is 5.69 Å². The van der Waals surface area contributed by atoms with E-state index in [0.717, 1.165) is 5.56 Å². The molecule has 0 bridgehead atoms. The Morgan fingerprint density at radius 2 is 2.06 bits per heavy atom. The lowest BCUT2D eigenvalue weighted by Gasteiger charge is -2.06. The van der Waals surface area contributed by atoms with Crippen LogP contribution in [0, 0.1) is 12.7 Å². The molecule has 1 N–H and O–H groups in total. The van der Waals surface area contributed by atoms with Gasteiger partial charge >= 0.3 is 5.97 Å². The van der Waals surface area contributed by atoms with Crippen LogP contribution in [0.15, 0.2) is 36.4 Å². The summed E-state index contributed by atoms with van der Waals surface area (Å²) in [5, 5.41) is 8.87. The van der Waals surface area contributed by atoms with E-state index >= 15 is 0 Å². The van der Waals surface area contributed by atoms with Gasteiger partial charge in [0.1, 0.15) is 11.5 Å². The fourth-order valence-electron chi connectivity index (χ4n) is 1.58. The van der Waals surface area contributed by atoms with E-state index in [0.29, 0.717) is 11.3 Å². The number of pyridine rings is 1. The molecule has 17 heavy (non-hydrogen) atoms. The maximum absolute atomic E-state index is 13.1. The predicted octanol–water partition coefficient (Wildman–Crippen LogP) is 2.89. The van der Waals surface area contributed by atoms with Crippen LogP contribution in [0.3, 0.4) is 0 Å².